The van der Waals surface area contributed by atoms with E-state index in [4.69, 9.17) is 0 Å². The van der Waals surface area contributed by atoms with Crippen molar-refractivity contribution < 1.29 is 27.6 Å². The van der Waals surface area contributed by atoms with Crippen molar-refractivity contribution >= 4 is 84.1 Å². The van der Waals surface area contributed by atoms with Crippen molar-refractivity contribution in [3.8, 4) is 0 Å². The number of halogens is 5. The molecule has 4 aromatic rings. The predicted molar refractivity (Wildman–Crippen MR) is 164 cm³/mol. The van der Waals surface area contributed by atoms with Crippen LogP contribution in [0.4, 0.5) is 24.5 Å². The van der Waals surface area contributed by atoms with E-state index in [-0.39, 0.29) is 5.69 Å². The van der Waals surface area contributed by atoms with Gasteiger partial charge in [-0.25, -0.2) is 4.90 Å². The van der Waals surface area contributed by atoms with Gasteiger partial charge in [0.2, 0.25) is 17.7 Å². The van der Waals surface area contributed by atoms with Gasteiger partial charge in [-0.3, -0.25) is 23.7 Å². The van der Waals surface area contributed by atoms with Gasteiger partial charge in [-0.05, 0) is 60.2 Å². The number of benzene rings is 3. The molecule has 7 nitrogen and oxygen atoms in total. The number of nitrogens with zero attached hydrogens (tertiary/aromatic N) is 2. The number of carbonyl (C=O) groups is 3. The van der Waals surface area contributed by atoms with E-state index in [2.05, 4.69) is 37.2 Å². The Morgan fingerprint density at radius 1 is 0.907 bits per heavy atom. The highest BCUT2D eigenvalue weighted by molar-refractivity contribution is 9.10. The minimum atomic E-state index is -4.59. The summed E-state index contributed by atoms with van der Waals surface area (Å²) in [7, 11) is 0. The first kappa shape index (κ1) is 29.9. The first-order valence-corrected chi connectivity index (χ1v) is 16.0. The molecular formula is C29H18Br2F3N3O4S2. The molecule has 2 aliphatic heterocycles. The molecule has 0 bridgehead atoms. The van der Waals surface area contributed by atoms with Gasteiger partial charge in [-0.1, -0.05) is 73.2 Å². The van der Waals surface area contributed by atoms with Crippen LogP contribution in [0.5, 0.6) is 0 Å². The molecule has 43 heavy (non-hydrogen) atoms. The molecule has 3 heterocycles. The summed E-state index contributed by atoms with van der Waals surface area (Å²) in [6.45, 7) is -0.491. The molecule has 3 unspecified atom stereocenters. The van der Waals surface area contributed by atoms with E-state index in [9.17, 15) is 32.3 Å². The lowest BCUT2D eigenvalue weighted by atomic mass is 9.83. The molecule has 1 N–H and O–H groups in total. The van der Waals surface area contributed by atoms with E-state index in [1.54, 1.807) is 30.3 Å². The molecule has 0 radical (unpaired) electrons. The van der Waals surface area contributed by atoms with Crippen molar-refractivity contribution in [3.63, 3.8) is 0 Å². The molecule has 1 saturated heterocycles. The van der Waals surface area contributed by atoms with E-state index < -0.39 is 58.0 Å². The van der Waals surface area contributed by atoms with Crippen molar-refractivity contribution in [2.24, 2.45) is 5.92 Å². The average Bonchev–Trinajstić information content (AvgIpc) is 3.39. The van der Waals surface area contributed by atoms with Crippen molar-refractivity contribution in [1.82, 2.24) is 4.57 Å². The number of amides is 3. The molecule has 6 rings (SSSR count). The molecular weight excluding hydrogens is 735 g/mol. The summed E-state index contributed by atoms with van der Waals surface area (Å²) in [4.78, 5) is 55.2. The van der Waals surface area contributed by atoms with Gasteiger partial charge in [0.1, 0.15) is 11.8 Å². The number of aromatic nitrogens is 1. The van der Waals surface area contributed by atoms with Crippen molar-refractivity contribution in [3.05, 3.63) is 107 Å². The maximum absolute atomic E-state index is 13.9. The zero-order valence-corrected chi connectivity index (χ0v) is 26.4. The molecule has 3 atom stereocenters. The third-order valence-electron chi connectivity index (χ3n) is 7.12. The monoisotopic (exact) mass is 751 g/mol. The smallest absolute Gasteiger partial charge is 0.325 e. The van der Waals surface area contributed by atoms with Crippen LogP contribution in [0.3, 0.4) is 0 Å². The third-order valence-corrected chi connectivity index (χ3v) is 10.7. The summed E-state index contributed by atoms with van der Waals surface area (Å²) in [5.74, 6) is -3.01. The van der Waals surface area contributed by atoms with Crippen molar-refractivity contribution in [2.45, 2.75) is 28.9 Å². The molecule has 0 spiro atoms. The third kappa shape index (κ3) is 5.61. The van der Waals surface area contributed by atoms with Crippen LogP contribution in [0.2, 0.25) is 0 Å². The fraction of sp³-hybridized carbons (Fsp3) is 0.172. The van der Waals surface area contributed by atoms with Crippen LogP contribution in [0.15, 0.2) is 91.6 Å². The number of rotatable bonds is 5. The number of alkyl halides is 3. The molecule has 3 aromatic carbocycles. The fourth-order valence-corrected chi connectivity index (χ4v) is 8.73. The van der Waals surface area contributed by atoms with Crippen LogP contribution in [-0.4, -0.2) is 27.5 Å². The van der Waals surface area contributed by atoms with Gasteiger partial charge in [0.05, 0.1) is 22.2 Å². The zero-order chi connectivity index (χ0) is 30.6. The van der Waals surface area contributed by atoms with Crippen molar-refractivity contribution in [1.29, 1.82) is 0 Å². The highest BCUT2D eigenvalue weighted by atomic mass is 79.9. The number of hydrogen-bond donors (Lipinski definition) is 1. The molecule has 0 aliphatic carbocycles. The van der Waals surface area contributed by atoms with E-state index in [1.807, 2.05) is 18.2 Å². The molecule has 0 saturated carbocycles. The predicted octanol–water partition coefficient (Wildman–Crippen LogP) is 6.89. The zero-order valence-electron chi connectivity index (χ0n) is 21.6. The van der Waals surface area contributed by atoms with E-state index in [1.165, 1.54) is 21.6 Å². The van der Waals surface area contributed by atoms with Crippen molar-refractivity contribution in [2.75, 3.05) is 10.2 Å². The molecule has 1 fully saturated rings. The Balaban J connectivity index is 1.38. The second-order valence-corrected chi connectivity index (χ2v) is 13.8. The van der Waals surface area contributed by atoms with Gasteiger partial charge < -0.3 is 5.32 Å². The Morgan fingerprint density at radius 2 is 1.63 bits per heavy atom. The molecule has 2 aliphatic rings. The van der Waals surface area contributed by atoms with Crippen LogP contribution < -0.4 is 15.1 Å². The lowest BCUT2D eigenvalue weighted by Crippen LogP contribution is -2.33. The molecule has 1 aromatic heterocycles. The number of nitrogens with one attached hydrogen (secondary N) is 1. The summed E-state index contributed by atoms with van der Waals surface area (Å²) in [6, 6.07) is 18.3. The lowest BCUT2D eigenvalue weighted by molar-refractivity contribution is -0.137. The Kier molecular flexibility index (Phi) is 7.90. The highest BCUT2D eigenvalue weighted by Crippen LogP contribution is 2.54. The Labute approximate surface area is 267 Å². The number of carbonyl (C=O) groups excluding carboxylic acids is 3. The SMILES string of the molecule is O=C(Cn1c2c(sc1=O)C(c1cccc(Br)c1)C1C(=O)N(c3ccc(Br)cc3)C(=O)C1S2)Nc1cccc(C(F)(F)F)c1. The van der Waals surface area contributed by atoms with Gasteiger partial charge in [-0.2, -0.15) is 13.2 Å². The number of hydrogen-bond acceptors (Lipinski definition) is 6. The molecule has 14 heteroatoms. The maximum atomic E-state index is 13.9. The number of anilines is 2. The van der Waals surface area contributed by atoms with Gasteiger partial charge in [0.15, 0.2) is 0 Å². The maximum Gasteiger partial charge on any atom is 0.416 e. The number of thiazole rings is 1. The first-order chi connectivity index (χ1) is 20.4. The number of thioether (sulfide) groups is 1. The minimum Gasteiger partial charge on any atom is -0.325 e. The van der Waals surface area contributed by atoms with Gasteiger partial charge >= 0.3 is 11.0 Å². The average molecular weight is 753 g/mol. The Hall–Kier alpha value is -3.20. The van der Waals surface area contributed by atoms with Gasteiger partial charge in [0.25, 0.3) is 0 Å². The van der Waals surface area contributed by atoms with E-state index in [0.717, 1.165) is 44.2 Å². The molecule has 3 amide bonds. The van der Waals surface area contributed by atoms with Crippen LogP contribution >= 0.6 is 55.0 Å². The second-order valence-electron chi connectivity index (χ2n) is 9.84. The normalized spacial score (nSPS) is 19.7. The second kappa shape index (κ2) is 11.4. The number of fused-ring (bicyclic) bond motifs is 2. The van der Waals surface area contributed by atoms with E-state index >= 15 is 0 Å². The standard InChI is InChI=1S/C29H18Br2F3N3O4S2/c30-16-7-9-19(10-8-16)37-25(39)22-21(14-3-1-5-17(31)11-14)24-27(42-23(22)26(37)40)36(28(41)43-24)13-20(38)35-18-6-2-4-15(12-18)29(32,33)34/h1-12,21-23H,13H2,(H,35,38). The summed E-state index contributed by atoms with van der Waals surface area (Å²) in [5.41, 5.74) is 0.140. The van der Waals surface area contributed by atoms with Gasteiger partial charge in [-0.15, -0.1) is 0 Å². The first-order valence-electron chi connectivity index (χ1n) is 12.7. The Bertz CT molecular complexity index is 1840. The quantitative estimate of drug-likeness (QED) is 0.225. The number of imide groups is 1. The van der Waals surface area contributed by atoms with Crippen LogP contribution in [0.1, 0.15) is 21.9 Å². The largest absolute Gasteiger partial charge is 0.416 e. The summed E-state index contributed by atoms with van der Waals surface area (Å²) in [5, 5.41) is 1.93. The minimum absolute atomic E-state index is 0.0709. The topological polar surface area (TPSA) is 88.5 Å². The lowest BCUT2D eigenvalue weighted by Gasteiger charge is -2.30. The fourth-order valence-electron chi connectivity index (χ4n) is 5.28. The van der Waals surface area contributed by atoms with Gasteiger partial charge in [0, 0.05) is 25.4 Å². The summed E-state index contributed by atoms with van der Waals surface area (Å²) in [6.07, 6.45) is -4.59. The van der Waals surface area contributed by atoms with Crippen LogP contribution in [0.25, 0.3) is 0 Å². The van der Waals surface area contributed by atoms with Crippen LogP contribution in [0, 0.1) is 5.92 Å². The summed E-state index contributed by atoms with van der Waals surface area (Å²) >= 11 is 8.77. The Morgan fingerprint density at radius 3 is 2.33 bits per heavy atom. The summed E-state index contributed by atoms with van der Waals surface area (Å²) < 4.78 is 42.2. The van der Waals surface area contributed by atoms with Crippen LogP contribution in [-0.2, 0) is 27.1 Å². The highest BCUT2D eigenvalue weighted by Gasteiger charge is 2.56. The van der Waals surface area contributed by atoms with E-state index in [0.29, 0.717) is 21.2 Å². The molecule has 220 valence electrons.